The highest BCUT2D eigenvalue weighted by atomic mass is 16.2. The van der Waals surface area contributed by atoms with E-state index in [4.69, 9.17) is 4.98 Å². The summed E-state index contributed by atoms with van der Waals surface area (Å²) in [6, 6.07) is 4.35. The molecule has 1 saturated heterocycles. The fraction of sp³-hybridized carbons (Fsp3) is 0.526. The molecule has 0 aliphatic carbocycles. The summed E-state index contributed by atoms with van der Waals surface area (Å²) >= 11 is 0. The summed E-state index contributed by atoms with van der Waals surface area (Å²) in [5.74, 6) is 1.02. The van der Waals surface area contributed by atoms with E-state index in [1.165, 1.54) is 5.56 Å². The molecule has 1 aliphatic heterocycles. The zero-order valence-corrected chi connectivity index (χ0v) is 15.8. The summed E-state index contributed by atoms with van der Waals surface area (Å²) in [6.45, 7) is 6.32. The number of carbonyl (C=O) groups is 1. The molecule has 140 valence electrons. The van der Waals surface area contributed by atoms with Gasteiger partial charge in [0.05, 0.1) is 5.69 Å². The van der Waals surface area contributed by atoms with Crippen LogP contribution in [0.2, 0.25) is 0 Å². The number of rotatable bonds is 5. The second kappa shape index (κ2) is 8.21. The Balaban J connectivity index is 1.59. The largest absolute Gasteiger partial charge is 0.357 e. The smallest absolute Gasteiger partial charge is 0.222 e. The third kappa shape index (κ3) is 4.33. The highest BCUT2D eigenvalue weighted by Crippen LogP contribution is 2.11. The number of likely N-dealkylation sites (tertiary alicyclic amines) is 1. The number of nitrogens with one attached hydrogen (secondary N) is 2. The predicted molar refractivity (Wildman–Crippen MR) is 103 cm³/mol. The molecule has 2 aromatic heterocycles. The predicted octanol–water partition coefficient (Wildman–Crippen LogP) is 1.36. The van der Waals surface area contributed by atoms with Crippen molar-refractivity contribution in [2.75, 3.05) is 26.7 Å². The number of guanidine groups is 1. The van der Waals surface area contributed by atoms with Crippen LogP contribution < -0.4 is 10.6 Å². The Morgan fingerprint density at radius 1 is 1.46 bits per heavy atom. The maximum atomic E-state index is 11.6. The molecular formula is C19H28N6O. The van der Waals surface area contributed by atoms with Crippen molar-refractivity contribution in [3.63, 3.8) is 0 Å². The third-order valence-corrected chi connectivity index (χ3v) is 4.68. The summed E-state index contributed by atoms with van der Waals surface area (Å²) in [7, 11) is 1.85. The molecule has 7 heteroatoms. The average Bonchev–Trinajstić information content (AvgIpc) is 3.03. The van der Waals surface area contributed by atoms with Crippen molar-refractivity contribution < 1.29 is 4.79 Å². The van der Waals surface area contributed by atoms with E-state index in [0.29, 0.717) is 13.0 Å². The first-order chi connectivity index (χ1) is 12.6. The van der Waals surface area contributed by atoms with E-state index in [2.05, 4.69) is 46.1 Å². The summed E-state index contributed by atoms with van der Waals surface area (Å²) in [4.78, 5) is 22.8. The van der Waals surface area contributed by atoms with Crippen molar-refractivity contribution in [1.29, 1.82) is 0 Å². The van der Waals surface area contributed by atoms with E-state index in [1.54, 1.807) is 4.90 Å². The second-order valence-corrected chi connectivity index (χ2v) is 6.82. The molecule has 3 rings (SSSR count). The van der Waals surface area contributed by atoms with E-state index in [0.717, 1.165) is 43.2 Å². The molecule has 2 aromatic rings. The fourth-order valence-corrected chi connectivity index (χ4v) is 3.25. The number of nitrogens with zero attached hydrogens (tertiary/aromatic N) is 4. The van der Waals surface area contributed by atoms with Crippen LogP contribution in [0.15, 0.2) is 29.5 Å². The average molecular weight is 356 g/mol. The van der Waals surface area contributed by atoms with Gasteiger partial charge in [0.2, 0.25) is 5.91 Å². The zero-order valence-electron chi connectivity index (χ0n) is 15.8. The number of amides is 1. The number of aliphatic imine (C=N–C) groups is 1. The van der Waals surface area contributed by atoms with Crippen LogP contribution in [0.1, 0.15) is 31.0 Å². The first-order valence-electron chi connectivity index (χ1n) is 9.29. The molecule has 1 atom stereocenters. The lowest BCUT2D eigenvalue weighted by Crippen LogP contribution is -2.51. The Bertz CT molecular complexity index is 796. The van der Waals surface area contributed by atoms with Crippen molar-refractivity contribution in [3.8, 4) is 0 Å². The van der Waals surface area contributed by atoms with Gasteiger partial charge in [0.25, 0.3) is 0 Å². The minimum atomic E-state index is 0.215. The molecule has 2 N–H and O–H groups in total. The Labute approximate surface area is 154 Å². The Morgan fingerprint density at radius 3 is 3.04 bits per heavy atom. The highest BCUT2D eigenvalue weighted by molar-refractivity contribution is 5.81. The monoisotopic (exact) mass is 356 g/mol. The van der Waals surface area contributed by atoms with Gasteiger partial charge in [-0.25, -0.2) is 4.98 Å². The van der Waals surface area contributed by atoms with Crippen molar-refractivity contribution in [2.45, 2.75) is 39.2 Å². The van der Waals surface area contributed by atoms with E-state index < -0.39 is 0 Å². The lowest BCUT2D eigenvalue weighted by atomic mass is 10.1. The van der Waals surface area contributed by atoms with Gasteiger partial charge in [-0.15, -0.1) is 0 Å². The van der Waals surface area contributed by atoms with Gasteiger partial charge in [-0.3, -0.25) is 9.79 Å². The van der Waals surface area contributed by atoms with Gasteiger partial charge in [0, 0.05) is 58.0 Å². The standard InChI is InChI=1S/C19H28N6O/c1-4-20-19(23-15-7-8-17(26)24(3)12-15)21-10-9-16-13-25-11-5-6-14(2)18(25)22-16/h5-6,11,13,15H,4,7-10,12H2,1-3H3,(H2,20,21,23). The third-order valence-electron chi connectivity index (χ3n) is 4.68. The summed E-state index contributed by atoms with van der Waals surface area (Å²) in [5, 5.41) is 6.74. The minimum Gasteiger partial charge on any atom is -0.357 e. The Kier molecular flexibility index (Phi) is 5.75. The van der Waals surface area contributed by atoms with Crippen LogP contribution in [0.25, 0.3) is 5.65 Å². The number of aryl methyl sites for hydroxylation is 1. The quantitative estimate of drug-likeness (QED) is 0.627. The highest BCUT2D eigenvalue weighted by Gasteiger charge is 2.23. The number of hydrogen-bond donors (Lipinski definition) is 2. The number of pyridine rings is 1. The molecule has 1 unspecified atom stereocenters. The lowest BCUT2D eigenvalue weighted by molar-refractivity contribution is -0.132. The zero-order chi connectivity index (χ0) is 18.5. The van der Waals surface area contributed by atoms with Gasteiger partial charge in [0.15, 0.2) is 5.96 Å². The number of hydrogen-bond acceptors (Lipinski definition) is 3. The molecule has 0 spiro atoms. The number of piperidine rings is 1. The molecule has 0 aromatic carbocycles. The number of likely N-dealkylation sites (N-methyl/N-ethyl adjacent to an activating group) is 1. The molecule has 0 saturated carbocycles. The van der Waals surface area contributed by atoms with Gasteiger partial charge in [0.1, 0.15) is 5.65 Å². The second-order valence-electron chi connectivity index (χ2n) is 6.82. The summed E-state index contributed by atoms with van der Waals surface area (Å²) < 4.78 is 2.06. The van der Waals surface area contributed by atoms with Crippen LogP contribution in [0.4, 0.5) is 0 Å². The molecule has 1 amide bonds. The molecule has 0 radical (unpaired) electrons. The van der Waals surface area contributed by atoms with Crippen molar-refractivity contribution in [3.05, 3.63) is 35.8 Å². The first kappa shape index (κ1) is 18.2. The van der Waals surface area contributed by atoms with Gasteiger partial charge < -0.3 is 19.9 Å². The Hall–Kier alpha value is -2.57. The molecule has 0 bridgehead atoms. The van der Waals surface area contributed by atoms with Crippen molar-refractivity contribution in [2.24, 2.45) is 4.99 Å². The van der Waals surface area contributed by atoms with Crippen LogP contribution in [-0.4, -0.2) is 58.9 Å². The van der Waals surface area contributed by atoms with Crippen molar-refractivity contribution in [1.82, 2.24) is 24.9 Å². The van der Waals surface area contributed by atoms with Gasteiger partial charge in [-0.2, -0.15) is 0 Å². The molecular weight excluding hydrogens is 328 g/mol. The van der Waals surface area contributed by atoms with Crippen LogP contribution in [0, 0.1) is 6.92 Å². The van der Waals surface area contributed by atoms with E-state index >= 15 is 0 Å². The topological polar surface area (TPSA) is 74.0 Å². The van der Waals surface area contributed by atoms with Crippen LogP contribution in [0.5, 0.6) is 0 Å². The van der Waals surface area contributed by atoms with E-state index in [-0.39, 0.29) is 11.9 Å². The van der Waals surface area contributed by atoms with Crippen LogP contribution in [0.3, 0.4) is 0 Å². The van der Waals surface area contributed by atoms with Crippen molar-refractivity contribution >= 4 is 17.5 Å². The first-order valence-corrected chi connectivity index (χ1v) is 9.29. The minimum absolute atomic E-state index is 0.215. The molecule has 26 heavy (non-hydrogen) atoms. The lowest BCUT2D eigenvalue weighted by Gasteiger charge is -2.31. The van der Waals surface area contributed by atoms with Gasteiger partial charge in [-0.1, -0.05) is 6.07 Å². The van der Waals surface area contributed by atoms with Gasteiger partial charge in [-0.05, 0) is 31.9 Å². The van der Waals surface area contributed by atoms with Gasteiger partial charge >= 0.3 is 0 Å². The van der Waals surface area contributed by atoms with Crippen LogP contribution >= 0.6 is 0 Å². The SMILES string of the molecule is CCNC(=NCCc1cn2cccc(C)c2n1)NC1CCC(=O)N(C)C1. The van der Waals surface area contributed by atoms with E-state index in [9.17, 15) is 4.79 Å². The summed E-state index contributed by atoms with van der Waals surface area (Å²) in [5.41, 5.74) is 3.22. The number of carbonyl (C=O) groups excluding carboxylic acids is 1. The maximum absolute atomic E-state index is 11.6. The normalized spacial score (nSPS) is 18.4. The summed E-state index contributed by atoms with van der Waals surface area (Å²) in [6.07, 6.45) is 6.32. The molecule has 7 nitrogen and oxygen atoms in total. The fourth-order valence-electron chi connectivity index (χ4n) is 3.25. The molecule has 1 aliphatic rings. The number of imidazole rings is 1. The molecule has 3 heterocycles. The number of fused-ring (bicyclic) bond motifs is 1. The van der Waals surface area contributed by atoms with E-state index in [1.807, 2.05) is 19.3 Å². The molecule has 1 fully saturated rings. The Morgan fingerprint density at radius 2 is 2.31 bits per heavy atom. The number of aromatic nitrogens is 2. The maximum Gasteiger partial charge on any atom is 0.222 e. The van der Waals surface area contributed by atoms with Crippen LogP contribution in [-0.2, 0) is 11.2 Å².